The molecule has 9 nitrogen and oxygen atoms in total. The summed E-state index contributed by atoms with van der Waals surface area (Å²) in [6.07, 6.45) is 10.6. The molecule has 3 unspecified atom stereocenters. The Balaban J connectivity index is 1.11. The molecule has 0 aliphatic carbocycles. The number of phenols is 6. The number of rotatable bonds is 11. The highest BCUT2D eigenvalue weighted by Crippen LogP contribution is 2.40. The van der Waals surface area contributed by atoms with Crippen LogP contribution in [0.1, 0.15) is 103 Å². The normalized spacial score (nSPS) is 21.5. The average Bonchev–Trinajstić information content (AvgIpc) is 3.02. The molecule has 3 aliphatic rings. The fraction of sp³-hybridized carbons (Fsp3) is 0.500. The predicted molar refractivity (Wildman–Crippen MR) is 173 cm³/mol. The molecule has 0 saturated carbocycles. The van der Waals surface area contributed by atoms with Crippen LogP contribution in [-0.4, -0.2) is 50.3 Å². The molecule has 3 heterocycles. The van der Waals surface area contributed by atoms with E-state index in [0.717, 1.165) is 124 Å². The van der Waals surface area contributed by atoms with Gasteiger partial charge < -0.3 is 46.6 Å². The lowest BCUT2D eigenvalue weighted by Crippen LogP contribution is -2.31. The summed E-state index contributed by atoms with van der Waals surface area (Å²) < 4.78 is 0. The number of fused-ring (bicyclic) bond motifs is 3. The summed E-state index contributed by atoms with van der Waals surface area (Å²) in [5.41, 5.74) is 6.52. The van der Waals surface area contributed by atoms with Gasteiger partial charge in [0.2, 0.25) is 0 Å². The second kappa shape index (κ2) is 13.8. The Bertz CT molecular complexity index is 1440. The lowest BCUT2D eigenvalue weighted by Gasteiger charge is -2.31. The van der Waals surface area contributed by atoms with Gasteiger partial charge in [-0.3, -0.25) is 0 Å². The van der Waals surface area contributed by atoms with E-state index >= 15 is 0 Å². The van der Waals surface area contributed by atoms with Crippen LogP contribution < -0.4 is 16.0 Å². The lowest BCUT2D eigenvalue weighted by atomic mass is 9.83. The smallest absolute Gasteiger partial charge is 0.157 e. The van der Waals surface area contributed by atoms with Gasteiger partial charge in [0.05, 0.1) is 0 Å². The highest BCUT2D eigenvalue weighted by atomic mass is 16.3. The third-order valence-electron chi connectivity index (χ3n) is 10.3. The first kappa shape index (κ1) is 31.3. The fourth-order valence-corrected chi connectivity index (χ4v) is 7.80. The molecule has 242 valence electrons. The highest BCUT2D eigenvalue weighted by molar-refractivity contribution is 5.49. The van der Waals surface area contributed by atoms with Crippen molar-refractivity contribution < 1.29 is 30.6 Å². The number of unbranched alkanes of at least 4 members (excludes halogenated alkanes) is 1. The predicted octanol–water partition coefficient (Wildman–Crippen LogP) is 5.62. The van der Waals surface area contributed by atoms with Crippen molar-refractivity contribution in [2.75, 3.05) is 19.6 Å². The fourth-order valence-electron chi connectivity index (χ4n) is 7.80. The second-order valence-electron chi connectivity index (χ2n) is 13.2. The zero-order chi connectivity index (χ0) is 31.5. The van der Waals surface area contributed by atoms with Crippen molar-refractivity contribution in [1.82, 2.24) is 16.0 Å². The summed E-state index contributed by atoms with van der Waals surface area (Å²) in [7, 11) is 0. The van der Waals surface area contributed by atoms with E-state index in [1.54, 1.807) is 36.4 Å². The molecule has 0 radical (unpaired) electrons. The van der Waals surface area contributed by atoms with Crippen molar-refractivity contribution in [2.45, 2.75) is 88.8 Å². The molecular weight excluding hydrogens is 570 g/mol. The van der Waals surface area contributed by atoms with Gasteiger partial charge in [-0.2, -0.15) is 0 Å². The van der Waals surface area contributed by atoms with Crippen molar-refractivity contribution >= 4 is 0 Å². The van der Waals surface area contributed by atoms with Gasteiger partial charge in [-0.25, -0.2) is 0 Å². The molecule has 0 spiro atoms. The summed E-state index contributed by atoms with van der Waals surface area (Å²) in [6, 6.07) is 10.7. The Kier molecular flexibility index (Phi) is 9.58. The van der Waals surface area contributed by atoms with Crippen LogP contribution in [0.5, 0.6) is 34.5 Å². The van der Waals surface area contributed by atoms with Crippen LogP contribution in [-0.2, 0) is 19.3 Å². The van der Waals surface area contributed by atoms with E-state index < -0.39 is 0 Å². The maximum Gasteiger partial charge on any atom is 0.157 e. The van der Waals surface area contributed by atoms with E-state index in [4.69, 9.17) is 0 Å². The zero-order valence-electron chi connectivity index (χ0n) is 25.9. The Hall–Kier alpha value is -3.66. The number of phenolic OH excluding ortho intramolecular Hbond substituents is 6. The van der Waals surface area contributed by atoms with Gasteiger partial charge in [-0.1, -0.05) is 19.3 Å². The Labute approximate surface area is 265 Å². The molecule has 45 heavy (non-hydrogen) atoms. The first-order valence-corrected chi connectivity index (χ1v) is 16.6. The molecule has 3 aliphatic heterocycles. The molecule has 0 amide bonds. The van der Waals surface area contributed by atoms with Gasteiger partial charge in [0.25, 0.3) is 0 Å². The number of hydrogen-bond acceptors (Lipinski definition) is 9. The average molecular weight is 618 g/mol. The van der Waals surface area contributed by atoms with Crippen molar-refractivity contribution in [3.8, 4) is 34.5 Å². The Morgan fingerprint density at radius 3 is 1.22 bits per heavy atom. The largest absolute Gasteiger partial charge is 0.504 e. The van der Waals surface area contributed by atoms with E-state index in [1.807, 2.05) is 0 Å². The number of aromatic hydroxyl groups is 6. The number of nitrogens with one attached hydrogen (secondary N) is 3. The summed E-state index contributed by atoms with van der Waals surface area (Å²) in [5, 5.41) is 71.4. The zero-order valence-corrected chi connectivity index (χ0v) is 25.9. The quantitative estimate of drug-likeness (QED) is 0.0984. The van der Waals surface area contributed by atoms with Gasteiger partial charge in [0, 0.05) is 18.1 Å². The Morgan fingerprint density at radius 1 is 0.467 bits per heavy atom. The van der Waals surface area contributed by atoms with Crippen LogP contribution in [0.4, 0.5) is 0 Å². The summed E-state index contributed by atoms with van der Waals surface area (Å²) in [4.78, 5) is 0. The van der Waals surface area contributed by atoms with E-state index in [1.165, 1.54) is 0 Å². The van der Waals surface area contributed by atoms with Crippen molar-refractivity contribution in [2.24, 2.45) is 5.92 Å². The summed E-state index contributed by atoms with van der Waals surface area (Å²) in [6.45, 7) is 2.54. The molecule has 9 heteroatoms. The van der Waals surface area contributed by atoms with Gasteiger partial charge in [-0.05, 0) is 147 Å². The minimum absolute atomic E-state index is 0.0542. The molecule has 0 bridgehead atoms. The number of hydrogen-bond donors (Lipinski definition) is 9. The van der Waals surface area contributed by atoms with Crippen LogP contribution in [0, 0.1) is 5.92 Å². The van der Waals surface area contributed by atoms with Crippen LogP contribution in [0.2, 0.25) is 0 Å². The molecule has 3 atom stereocenters. The maximum absolute atomic E-state index is 10.2. The SMILES string of the molecule is Oc1cc2c(cc1O)C(CCCCC(CCC1NCCc3cc(O)c(O)cc31)CCC1NCCc3cc(O)c(O)cc31)NCC2. The third kappa shape index (κ3) is 7.11. The minimum atomic E-state index is -0.0724. The molecule has 0 saturated heterocycles. The summed E-state index contributed by atoms with van der Waals surface area (Å²) >= 11 is 0. The molecule has 0 aromatic heterocycles. The molecule has 9 N–H and O–H groups in total. The number of benzene rings is 3. The molecule has 3 aromatic carbocycles. The van der Waals surface area contributed by atoms with Gasteiger partial charge in [0.15, 0.2) is 34.5 Å². The Morgan fingerprint density at radius 2 is 0.822 bits per heavy atom. The molecule has 0 fully saturated rings. The van der Waals surface area contributed by atoms with E-state index in [-0.39, 0.29) is 52.6 Å². The first-order valence-electron chi connectivity index (χ1n) is 16.6. The van der Waals surface area contributed by atoms with Gasteiger partial charge >= 0.3 is 0 Å². The van der Waals surface area contributed by atoms with Crippen LogP contribution in [0.15, 0.2) is 36.4 Å². The monoisotopic (exact) mass is 617 g/mol. The topological polar surface area (TPSA) is 157 Å². The first-order chi connectivity index (χ1) is 21.8. The standard InChI is InChI=1S/C36H47N3O6/c40-31-15-22-9-12-37-28(25(22)18-34(31)43)4-2-1-3-21(5-7-29-26-19-35(44)32(41)16-23(26)10-13-38-29)6-8-30-27-20-36(45)33(42)17-24(27)11-14-39-30/h15-21,28-30,37-45H,1-14H2. The third-order valence-corrected chi connectivity index (χ3v) is 10.3. The molecule has 3 aromatic rings. The summed E-state index contributed by atoms with van der Waals surface area (Å²) in [5.74, 6) is 0.0941. The van der Waals surface area contributed by atoms with Crippen molar-refractivity contribution in [1.29, 1.82) is 0 Å². The minimum Gasteiger partial charge on any atom is -0.504 e. The van der Waals surface area contributed by atoms with Crippen LogP contribution in [0.3, 0.4) is 0 Å². The van der Waals surface area contributed by atoms with E-state index in [2.05, 4.69) is 16.0 Å². The van der Waals surface area contributed by atoms with Gasteiger partial charge in [-0.15, -0.1) is 0 Å². The van der Waals surface area contributed by atoms with Crippen molar-refractivity contribution in [3.63, 3.8) is 0 Å². The maximum atomic E-state index is 10.2. The van der Waals surface area contributed by atoms with E-state index in [0.29, 0.717) is 5.92 Å². The highest BCUT2D eigenvalue weighted by Gasteiger charge is 2.26. The molecule has 6 rings (SSSR count). The molecular formula is C36H47N3O6. The van der Waals surface area contributed by atoms with E-state index in [9.17, 15) is 30.6 Å². The van der Waals surface area contributed by atoms with Crippen LogP contribution in [0.25, 0.3) is 0 Å². The van der Waals surface area contributed by atoms with Crippen molar-refractivity contribution in [3.05, 3.63) is 69.8 Å². The van der Waals surface area contributed by atoms with Crippen LogP contribution >= 0.6 is 0 Å². The second-order valence-corrected chi connectivity index (χ2v) is 13.2. The lowest BCUT2D eigenvalue weighted by molar-refractivity contribution is 0.321. The van der Waals surface area contributed by atoms with Gasteiger partial charge in [0.1, 0.15) is 0 Å².